The molecule has 0 radical (unpaired) electrons. The van der Waals surface area contributed by atoms with Gasteiger partial charge in [-0.2, -0.15) is 0 Å². The number of hydrogen-bond donors (Lipinski definition) is 1. The van der Waals surface area contributed by atoms with Gasteiger partial charge in [0, 0.05) is 43.2 Å². The zero-order valence-corrected chi connectivity index (χ0v) is 15.6. The highest BCUT2D eigenvalue weighted by molar-refractivity contribution is 8.14. The number of anilines is 1. The van der Waals surface area contributed by atoms with E-state index in [4.69, 9.17) is 0 Å². The minimum absolute atomic E-state index is 0.149. The first kappa shape index (κ1) is 17.6. The first-order valence-electron chi connectivity index (χ1n) is 9.19. The van der Waals surface area contributed by atoms with E-state index in [0.717, 1.165) is 45.6 Å². The number of benzene rings is 1. The van der Waals surface area contributed by atoms with Crippen LogP contribution in [-0.2, 0) is 6.42 Å². The molecule has 0 saturated carbocycles. The van der Waals surface area contributed by atoms with Gasteiger partial charge in [-0.15, -0.1) is 0 Å². The smallest absolute Gasteiger partial charge is 0.279 e. The number of piperazine rings is 1. The fourth-order valence-corrected chi connectivity index (χ4v) is 4.79. The predicted molar refractivity (Wildman–Crippen MR) is 103 cm³/mol. The van der Waals surface area contributed by atoms with Crippen molar-refractivity contribution in [2.75, 3.05) is 37.6 Å². The van der Waals surface area contributed by atoms with Crippen molar-refractivity contribution in [1.82, 2.24) is 10.2 Å². The lowest BCUT2D eigenvalue weighted by Crippen LogP contribution is -2.47. The Morgan fingerprint density at radius 2 is 1.96 bits per heavy atom. The second kappa shape index (κ2) is 8.26. The third kappa shape index (κ3) is 4.25. The maximum Gasteiger partial charge on any atom is 0.279 e. The van der Waals surface area contributed by atoms with Crippen molar-refractivity contribution in [3.05, 3.63) is 29.8 Å². The van der Waals surface area contributed by atoms with Crippen LogP contribution in [0.1, 0.15) is 32.3 Å². The number of para-hydroxylation sites is 1. The average molecular weight is 348 g/mol. The Kier molecular flexibility index (Phi) is 6.06. The highest BCUT2D eigenvalue weighted by Gasteiger charge is 2.29. The van der Waals surface area contributed by atoms with Crippen LogP contribution in [-0.4, -0.2) is 54.2 Å². The number of carbonyl (C=O) groups excluding carboxylic acids is 1. The molecule has 0 bridgehead atoms. The van der Waals surface area contributed by atoms with E-state index in [1.165, 1.54) is 29.4 Å². The molecule has 132 valence electrons. The molecule has 1 N–H and O–H groups in total. The lowest BCUT2D eigenvalue weighted by molar-refractivity contribution is 0.251. The van der Waals surface area contributed by atoms with Crippen molar-refractivity contribution in [2.24, 2.45) is 0 Å². The van der Waals surface area contributed by atoms with Crippen molar-refractivity contribution in [3.63, 3.8) is 0 Å². The van der Waals surface area contributed by atoms with E-state index in [2.05, 4.69) is 53.2 Å². The number of aryl methyl sites for hydroxylation is 1. The van der Waals surface area contributed by atoms with E-state index in [1.54, 1.807) is 0 Å². The quantitative estimate of drug-likeness (QED) is 0.856. The Balaban J connectivity index is 1.41. The predicted octanol–water partition coefficient (Wildman–Crippen LogP) is 3.36. The third-order valence-electron chi connectivity index (χ3n) is 5.21. The zero-order chi connectivity index (χ0) is 16.9. The molecule has 2 aliphatic rings. The summed E-state index contributed by atoms with van der Waals surface area (Å²) in [6.07, 6.45) is 3.41. The van der Waals surface area contributed by atoms with Crippen molar-refractivity contribution < 1.29 is 4.79 Å². The largest absolute Gasteiger partial charge is 0.369 e. The van der Waals surface area contributed by atoms with Crippen LogP contribution >= 0.6 is 11.8 Å². The monoisotopic (exact) mass is 347 g/mol. The summed E-state index contributed by atoms with van der Waals surface area (Å²) in [5.74, 6) is 0. The molecule has 1 amide bonds. The first-order chi connectivity index (χ1) is 11.7. The van der Waals surface area contributed by atoms with Gasteiger partial charge in [-0.25, -0.2) is 0 Å². The summed E-state index contributed by atoms with van der Waals surface area (Å²) in [5.41, 5.74) is 2.87. The lowest BCUT2D eigenvalue weighted by Gasteiger charge is -2.37. The molecule has 0 spiro atoms. The normalized spacial score (nSPS) is 25.1. The van der Waals surface area contributed by atoms with Crippen LogP contribution in [0.2, 0.25) is 0 Å². The maximum atomic E-state index is 11.4. The van der Waals surface area contributed by atoms with Gasteiger partial charge in [-0.1, -0.05) is 36.9 Å². The molecule has 2 heterocycles. The SMILES string of the molecule is CCc1ccccc1N1CCN(CCCC2SC(=O)NC2C)CC1. The van der Waals surface area contributed by atoms with Gasteiger partial charge in [-0.3, -0.25) is 9.69 Å². The summed E-state index contributed by atoms with van der Waals surface area (Å²) in [4.78, 5) is 16.5. The van der Waals surface area contributed by atoms with Crippen LogP contribution in [0.5, 0.6) is 0 Å². The lowest BCUT2D eigenvalue weighted by atomic mass is 10.1. The standard InChI is InChI=1S/C19H29N3OS/c1-3-16-7-4-5-8-17(16)22-13-11-21(12-14-22)10-6-9-18-15(2)20-19(23)24-18/h4-5,7-8,15,18H,3,6,9-14H2,1-2H3,(H,20,23). The van der Waals surface area contributed by atoms with Crippen LogP contribution < -0.4 is 10.2 Å². The highest BCUT2D eigenvalue weighted by atomic mass is 32.2. The van der Waals surface area contributed by atoms with Gasteiger partial charge in [0.05, 0.1) is 0 Å². The number of thioether (sulfide) groups is 1. The molecule has 4 nitrogen and oxygen atoms in total. The molecule has 2 unspecified atom stereocenters. The molecule has 0 aromatic heterocycles. The van der Waals surface area contributed by atoms with Crippen LogP contribution in [0, 0.1) is 0 Å². The van der Waals surface area contributed by atoms with E-state index in [0.29, 0.717) is 11.3 Å². The average Bonchev–Trinajstić information content (AvgIpc) is 2.93. The van der Waals surface area contributed by atoms with Crippen LogP contribution in [0.3, 0.4) is 0 Å². The molecule has 3 rings (SSSR count). The van der Waals surface area contributed by atoms with E-state index in [9.17, 15) is 4.79 Å². The third-order valence-corrected chi connectivity index (χ3v) is 6.49. The molecular formula is C19H29N3OS. The number of nitrogens with one attached hydrogen (secondary N) is 1. The highest BCUT2D eigenvalue weighted by Crippen LogP contribution is 2.27. The van der Waals surface area contributed by atoms with Crippen LogP contribution in [0.15, 0.2) is 24.3 Å². The number of hydrogen-bond acceptors (Lipinski definition) is 4. The number of rotatable bonds is 6. The number of nitrogens with zero attached hydrogens (tertiary/aromatic N) is 2. The van der Waals surface area contributed by atoms with Gasteiger partial charge in [0.25, 0.3) is 5.24 Å². The van der Waals surface area contributed by atoms with Gasteiger partial charge >= 0.3 is 0 Å². The fourth-order valence-electron chi connectivity index (χ4n) is 3.71. The second-order valence-corrected chi connectivity index (χ2v) is 8.04. The van der Waals surface area contributed by atoms with Gasteiger partial charge < -0.3 is 10.2 Å². The minimum Gasteiger partial charge on any atom is -0.369 e. The summed E-state index contributed by atoms with van der Waals surface area (Å²) in [6, 6.07) is 9.12. The Morgan fingerprint density at radius 3 is 2.62 bits per heavy atom. The Labute approximate surface area is 150 Å². The van der Waals surface area contributed by atoms with Crippen LogP contribution in [0.25, 0.3) is 0 Å². The second-order valence-electron chi connectivity index (χ2n) is 6.83. The molecule has 24 heavy (non-hydrogen) atoms. The Morgan fingerprint density at radius 1 is 1.21 bits per heavy atom. The molecule has 2 aliphatic heterocycles. The Hall–Kier alpha value is -1.20. The Bertz CT molecular complexity index is 557. The van der Waals surface area contributed by atoms with E-state index in [1.807, 2.05) is 0 Å². The van der Waals surface area contributed by atoms with Gasteiger partial charge in [0.15, 0.2) is 0 Å². The van der Waals surface area contributed by atoms with Gasteiger partial charge in [-0.05, 0) is 44.4 Å². The van der Waals surface area contributed by atoms with E-state index < -0.39 is 0 Å². The first-order valence-corrected chi connectivity index (χ1v) is 10.1. The molecular weight excluding hydrogens is 318 g/mol. The van der Waals surface area contributed by atoms with Gasteiger partial charge in [0.2, 0.25) is 0 Å². The molecule has 1 aromatic rings. The zero-order valence-electron chi connectivity index (χ0n) is 14.8. The summed E-state index contributed by atoms with van der Waals surface area (Å²) in [5, 5.41) is 3.60. The summed E-state index contributed by atoms with van der Waals surface area (Å²) in [6.45, 7) is 10.0. The summed E-state index contributed by atoms with van der Waals surface area (Å²) < 4.78 is 0. The molecule has 5 heteroatoms. The van der Waals surface area contributed by atoms with Crippen molar-refractivity contribution in [1.29, 1.82) is 0 Å². The molecule has 0 aliphatic carbocycles. The molecule has 2 saturated heterocycles. The molecule has 2 atom stereocenters. The molecule has 2 fully saturated rings. The van der Waals surface area contributed by atoms with Gasteiger partial charge in [0.1, 0.15) is 0 Å². The van der Waals surface area contributed by atoms with Crippen molar-refractivity contribution in [3.8, 4) is 0 Å². The minimum atomic E-state index is 0.149. The fraction of sp³-hybridized carbons (Fsp3) is 0.632. The van der Waals surface area contributed by atoms with Crippen molar-refractivity contribution in [2.45, 2.75) is 44.4 Å². The number of amides is 1. The van der Waals surface area contributed by atoms with Crippen molar-refractivity contribution >= 4 is 22.7 Å². The summed E-state index contributed by atoms with van der Waals surface area (Å²) >= 11 is 1.49. The van der Waals surface area contributed by atoms with E-state index in [-0.39, 0.29) is 5.24 Å². The van der Waals surface area contributed by atoms with E-state index >= 15 is 0 Å². The molecule has 1 aromatic carbocycles. The summed E-state index contributed by atoms with van der Waals surface area (Å²) in [7, 11) is 0. The maximum absolute atomic E-state index is 11.4. The van der Waals surface area contributed by atoms with Crippen LogP contribution in [0.4, 0.5) is 10.5 Å². The number of carbonyl (C=O) groups is 1. The topological polar surface area (TPSA) is 35.6 Å².